The molecule has 1 aromatic carbocycles. The van der Waals surface area contributed by atoms with Crippen molar-refractivity contribution in [3.05, 3.63) is 64.6 Å². The molecule has 2 aromatic rings. The molecule has 5 heteroatoms. The molecule has 1 aromatic heterocycles. The summed E-state index contributed by atoms with van der Waals surface area (Å²) in [6.07, 6.45) is 3.80. The zero-order valence-corrected chi connectivity index (χ0v) is 10.8. The van der Waals surface area contributed by atoms with Crippen LogP contribution in [0.1, 0.15) is 29.2 Å². The lowest BCUT2D eigenvalue weighted by molar-refractivity contribution is 0.0596. The van der Waals surface area contributed by atoms with E-state index in [-0.39, 0.29) is 17.3 Å². The van der Waals surface area contributed by atoms with Gasteiger partial charge in [-0.1, -0.05) is 18.2 Å². The Bertz CT molecular complexity index is 675. The Morgan fingerprint density at radius 2 is 1.90 bits per heavy atom. The third-order valence-corrected chi connectivity index (χ3v) is 3.18. The first-order chi connectivity index (χ1) is 9.75. The fraction of sp³-hybridized carbons (Fsp3) is 0.200. The third kappa shape index (κ3) is 2.56. The fourth-order valence-corrected chi connectivity index (χ4v) is 1.96. The van der Waals surface area contributed by atoms with Crippen LogP contribution in [0.15, 0.2) is 53.5 Å². The monoisotopic (exact) mass is 270 g/mol. The summed E-state index contributed by atoms with van der Waals surface area (Å²) in [6.45, 7) is 0. The molecule has 20 heavy (non-hydrogen) atoms. The minimum atomic E-state index is -0.521. The highest BCUT2D eigenvalue weighted by atomic mass is 16.7. The smallest absolute Gasteiger partial charge is 0.338 e. The Morgan fingerprint density at radius 3 is 2.60 bits per heavy atom. The normalized spacial score (nSPS) is 13.8. The van der Waals surface area contributed by atoms with Crippen LogP contribution in [0.25, 0.3) is 0 Å². The van der Waals surface area contributed by atoms with Crippen LogP contribution in [0.2, 0.25) is 0 Å². The maximum Gasteiger partial charge on any atom is 0.362 e. The Balaban J connectivity index is 1.71. The summed E-state index contributed by atoms with van der Waals surface area (Å²) in [6, 6.07) is 12.3. The van der Waals surface area contributed by atoms with Crippen LogP contribution >= 0.6 is 0 Å². The number of hydrogen-bond acceptors (Lipinski definition) is 4. The first-order valence-electron chi connectivity index (χ1n) is 6.49. The third-order valence-electron chi connectivity index (χ3n) is 3.18. The van der Waals surface area contributed by atoms with Crippen LogP contribution in [-0.2, 0) is 4.84 Å². The molecule has 0 unspecified atom stereocenters. The number of pyridine rings is 1. The van der Waals surface area contributed by atoms with Gasteiger partial charge in [0, 0.05) is 12.2 Å². The van der Waals surface area contributed by atoms with Gasteiger partial charge in [0.2, 0.25) is 0 Å². The van der Waals surface area contributed by atoms with Crippen molar-refractivity contribution in [2.75, 3.05) is 5.48 Å². The van der Waals surface area contributed by atoms with E-state index < -0.39 is 5.97 Å². The van der Waals surface area contributed by atoms with Crippen molar-refractivity contribution in [2.24, 2.45) is 0 Å². The molecule has 1 fully saturated rings. The van der Waals surface area contributed by atoms with Crippen LogP contribution in [0.4, 0.5) is 5.69 Å². The van der Waals surface area contributed by atoms with E-state index >= 15 is 0 Å². The number of aromatic nitrogens is 1. The van der Waals surface area contributed by atoms with E-state index in [0.717, 1.165) is 12.8 Å². The van der Waals surface area contributed by atoms with E-state index in [9.17, 15) is 9.59 Å². The second kappa shape index (κ2) is 5.21. The van der Waals surface area contributed by atoms with E-state index in [4.69, 9.17) is 4.84 Å². The molecule has 1 heterocycles. The van der Waals surface area contributed by atoms with E-state index in [1.807, 2.05) is 6.07 Å². The largest absolute Gasteiger partial charge is 0.362 e. The number of nitrogens with one attached hydrogen (secondary N) is 1. The van der Waals surface area contributed by atoms with Gasteiger partial charge in [-0.15, -0.1) is 0 Å². The minimum Gasteiger partial charge on any atom is -0.338 e. The van der Waals surface area contributed by atoms with Crippen molar-refractivity contribution in [1.29, 1.82) is 0 Å². The number of benzene rings is 1. The van der Waals surface area contributed by atoms with E-state index in [1.165, 1.54) is 0 Å². The summed E-state index contributed by atoms with van der Waals surface area (Å²) < 4.78 is 1.67. The van der Waals surface area contributed by atoms with Crippen LogP contribution < -0.4 is 11.0 Å². The lowest BCUT2D eigenvalue weighted by Crippen LogP contribution is -2.23. The summed E-state index contributed by atoms with van der Waals surface area (Å²) in [7, 11) is 0. The highest BCUT2D eigenvalue weighted by molar-refractivity contribution is 5.89. The molecule has 1 N–H and O–H groups in total. The quantitative estimate of drug-likeness (QED) is 0.866. The van der Waals surface area contributed by atoms with Gasteiger partial charge < -0.3 is 9.40 Å². The average Bonchev–Trinajstić information content (AvgIpc) is 3.31. The SMILES string of the molecule is O=C(ONc1cccn(C2CC2)c1=O)c1ccccc1. The Labute approximate surface area is 115 Å². The molecule has 0 spiro atoms. The zero-order valence-electron chi connectivity index (χ0n) is 10.8. The Morgan fingerprint density at radius 1 is 1.15 bits per heavy atom. The number of rotatable bonds is 4. The number of nitrogens with zero attached hydrogens (tertiary/aromatic N) is 1. The maximum atomic E-state index is 12.1. The number of carbonyl (C=O) groups excluding carboxylic acids is 1. The molecule has 0 atom stereocenters. The molecular weight excluding hydrogens is 256 g/mol. The van der Waals surface area contributed by atoms with E-state index in [2.05, 4.69) is 5.48 Å². The predicted molar refractivity (Wildman–Crippen MR) is 74.5 cm³/mol. The van der Waals surface area contributed by atoms with Gasteiger partial charge in [0.1, 0.15) is 5.69 Å². The van der Waals surface area contributed by atoms with Gasteiger partial charge in [-0.05, 0) is 37.1 Å². The molecular formula is C15H14N2O3. The predicted octanol–water partition coefficient (Wildman–Crippen LogP) is 2.37. The van der Waals surface area contributed by atoms with Gasteiger partial charge in [0.05, 0.1) is 5.56 Å². The first kappa shape index (κ1) is 12.5. The molecule has 1 aliphatic rings. The molecule has 102 valence electrons. The van der Waals surface area contributed by atoms with Crippen molar-refractivity contribution in [2.45, 2.75) is 18.9 Å². The summed E-state index contributed by atoms with van der Waals surface area (Å²) in [5.41, 5.74) is 2.98. The molecule has 5 nitrogen and oxygen atoms in total. The molecule has 0 aliphatic heterocycles. The van der Waals surface area contributed by atoms with Crippen molar-refractivity contribution in [1.82, 2.24) is 4.57 Å². The van der Waals surface area contributed by atoms with E-state index in [1.54, 1.807) is 47.2 Å². The Kier molecular flexibility index (Phi) is 3.25. The molecule has 3 rings (SSSR count). The van der Waals surface area contributed by atoms with Gasteiger partial charge in [-0.2, -0.15) is 0 Å². The van der Waals surface area contributed by atoms with Gasteiger partial charge in [0.15, 0.2) is 0 Å². The molecule has 1 saturated carbocycles. The number of carbonyl (C=O) groups is 1. The average molecular weight is 270 g/mol. The molecule has 0 saturated heterocycles. The maximum absolute atomic E-state index is 12.1. The van der Waals surface area contributed by atoms with Crippen molar-refractivity contribution < 1.29 is 9.63 Å². The Hall–Kier alpha value is -2.56. The zero-order chi connectivity index (χ0) is 13.9. The van der Waals surface area contributed by atoms with Crippen molar-refractivity contribution in [3.63, 3.8) is 0 Å². The van der Waals surface area contributed by atoms with Crippen LogP contribution in [0.5, 0.6) is 0 Å². The summed E-state index contributed by atoms with van der Waals surface area (Å²) in [5, 5.41) is 0. The summed E-state index contributed by atoms with van der Waals surface area (Å²) in [5.74, 6) is -0.521. The standard InChI is InChI=1S/C15H14N2O3/c18-14-13(7-4-10-17(14)12-8-9-12)16-20-15(19)11-5-2-1-3-6-11/h1-7,10,12,16H,8-9H2. The van der Waals surface area contributed by atoms with Gasteiger partial charge >= 0.3 is 5.97 Å². The number of anilines is 1. The minimum absolute atomic E-state index is 0.170. The van der Waals surface area contributed by atoms with Gasteiger partial charge in [0.25, 0.3) is 5.56 Å². The lowest BCUT2D eigenvalue weighted by Gasteiger charge is -2.08. The summed E-state index contributed by atoms with van der Waals surface area (Å²) in [4.78, 5) is 28.8. The second-order valence-electron chi connectivity index (χ2n) is 4.72. The highest BCUT2D eigenvalue weighted by Gasteiger charge is 2.25. The number of hydrogen-bond donors (Lipinski definition) is 1. The van der Waals surface area contributed by atoms with Crippen LogP contribution in [0.3, 0.4) is 0 Å². The first-order valence-corrected chi connectivity index (χ1v) is 6.49. The molecule has 0 radical (unpaired) electrons. The second-order valence-corrected chi connectivity index (χ2v) is 4.72. The topological polar surface area (TPSA) is 60.3 Å². The van der Waals surface area contributed by atoms with Crippen LogP contribution in [-0.4, -0.2) is 10.5 Å². The van der Waals surface area contributed by atoms with Gasteiger partial charge in [-0.25, -0.2) is 10.3 Å². The molecule has 0 bridgehead atoms. The van der Waals surface area contributed by atoms with Crippen molar-refractivity contribution in [3.8, 4) is 0 Å². The van der Waals surface area contributed by atoms with Crippen LogP contribution in [0, 0.1) is 0 Å². The molecule has 1 aliphatic carbocycles. The van der Waals surface area contributed by atoms with Crippen molar-refractivity contribution >= 4 is 11.7 Å². The lowest BCUT2D eigenvalue weighted by atomic mass is 10.2. The van der Waals surface area contributed by atoms with E-state index in [0.29, 0.717) is 5.56 Å². The fourth-order valence-electron chi connectivity index (χ4n) is 1.96. The highest BCUT2D eigenvalue weighted by Crippen LogP contribution is 2.33. The summed E-state index contributed by atoms with van der Waals surface area (Å²) >= 11 is 0. The van der Waals surface area contributed by atoms with Gasteiger partial charge in [-0.3, -0.25) is 4.79 Å². The molecule has 0 amide bonds.